The van der Waals surface area contributed by atoms with Gasteiger partial charge in [-0.2, -0.15) is 5.10 Å². The summed E-state index contributed by atoms with van der Waals surface area (Å²) in [6, 6.07) is 3.77. The van der Waals surface area contributed by atoms with Crippen LogP contribution in [0.25, 0.3) is 11.5 Å². The SMILES string of the molecule is Cc1ccc(-c2cnnc(NCCc3cscn3)n2)o1. The Kier molecular flexibility index (Phi) is 3.69. The van der Waals surface area contributed by atoms with E-state index in [0.717, 1.165) is 17.9 Å². The number of aryl methyl sites for hydroxylation is 1. The minimum Gasteiger partial charge on any atom is -0.460 e. The molecule has 3 aromatic heterocycles. The van der Waals surface area contributed by atoms with Crippen LogP contribution in [0.1, 0.15) is 11.5 Å². The van der Waals surface area contributed by atoms with Crippen molar-refractivity contribution in [2.75, 3.05) is 11.9 Å². The third-order valence-corrected chi connectivity index (χ3v) is 3.33. The first-order chi connectivity index (χ1) is 9.81. The number of hydrogen-bond acceptors (Lipinski definition) is 7. The highest BCUT2D eigenvalue weighted by Crippen LogP contribution is 2.19. The van der Waals surface area contributed by atoms with Gasteiger partial charge in [-0.05, 0) is 19.1 Å². The van der Waals surface area contributed by atoms with E-state index in [9.17, 15) is 0 Å². The number of anilines is 1. The van der Waals surface area contributed by atoms with E-state index in [0.29, 0.717) is 23.9 Å². The Labute approximate surface area is 119 Å². The van der Waals surface area contributed by atoms with E-state index in [1.807, 2.05) is 29.9 Å². The van der Waals surface area contributed by atoms with Gasteiger partial charge in [0.1, 0.15) is 11.5 Å². The van der Waals surface area contributed by atoms with Crippen molar-refractivity contribution >= 4 is 17.3 Å². The molecule has 0 amide bonds. The van der Waals surface area contributed by atoms with Crippen LogP contribution in [-0.2, 0) is 6.42 Å². The summed E-state index contributed by atoms with van der Waals surface area (Å²) in [7, 11) is 0. The monoisotopic (exact) mass is 287 g/mol. The number of rotatable bonds is 5. The minimum atomic E-state index is 0.492. The van der Waals surface area contributed by atoms with Crippen LogP contribution in [0.3, 0.4) is 0 Å². The molecule has 102 valence electrons. The van der Waals surface area contributed by atoms with Gasteiger partial charge >= 0.3 is 0 Å². The van der Waals surface area contributed by atoms with Gasteiger partial charge in [-0.25, -0.2) is 9.97 Å². The lowest BCUT2D eigenvalue weighted by atomic mass is 10.3. The molecule has 0 saturated carbocycles. The smallest absolute Gasteiger partial charge is 0.243 e. The molecule has 1 N–H and O–H groups in total. The Balaban J connectivity index is 1.65. The fourth-order valence-electron chi connectivity index (χ4n) is 1.73. The molecule has 7 heteroatoms. The van der Waals surface area contributed by atoms with E-state index in [1.54, 1.807) is 17.5 Å². The molecule has 0 atom stereocenters. The van der Waals surface area contributed by atoms with Crippen LogP contribution < -0.4 is 5.32 Å². The molecule has 0 aliphatic heterocycles. The topological polar surface area (TPSA) is 76.7 Å². The molecule has 6 nitrogen and oxygen atoms in total. The lowest BCUT2D eigenvalue weighted by molar-refractivity contribution is 0.545. The molecular formula is C13H13N5OS. The fourth-order valence-corrected chi connectivity index (χ4v) is 2.33. The summed E-state index contributed by atoms with van der Waals surface area (Å²) in [6.07, 6.45) is 2.42. The molecule has 0 radical (unpaired) electrons. The normalized spacial score (nSPS) is 10.7. The predicted molar refractivity (Wildman–Crippen MR) is 76.6 cm³/mol. The molecule has 0 unspecified atom stereocenters. The van der Waals surface area contributed by atoms with Gasteiger partial charge in [0.05, 0.1) is 17.4 Å². The number of nitrogens with one attached hydrogen (secondary N) is 1. The highest BCUT2D eigenvalue weighted by Gasteiger charge is 2.06. The maximum Gasteiger partial charge on any atom is 0.243 e. The van der Waals surface area contributed by atoms with Crippen molar-refractivity contribution in [1.29, 1.82) is 0 Å². The largest absolute Gasteiger partial charge is 0.460 e. The first-order valence-electron chi connectivity index (χ1n) is 6.19. The number of thiazole rings is 1. The third-order valence-electron chi connectivity index (χ3n) is 2.70. The van der Waals surface area contributed by atoms with Gasteiger partial charge in [0.15, 0.2) is 5.76 Å². The molecule has 0 aromatic carbocycles. The van der Waals surface area contributed by atoms with Crippen LogP contribution in [-0.4, -0.2) is 26.7 Å². The second-order valence-electron chi connectivity index (χ2n) is 4.23. The summed E-state index contributed by atoms with van der Waals surface area (Å²) in [5.74, 6) is 2.03. The van der Waals surface area contributed by atoms with Gasteiger partial charge in [-0.15, -0.1) is 16.4 Å². The van der Waals surface area contributed by atoms with Crippen molar-refractivity contribution in [3.8, 4) is 11.5 Å². The molecule has 3 heterocycles. The Morgan fingerprint density at radius 3 is 3.05 bits per heavy atom. The molecule has 0 aliphatic rings. The quantitative estimate of drug-likeness (QED) is 0.777. The first kappa shape index (κ1) is 12.7. The molecule has 20 heavy (non-hydrogen) atoms. The summed E-state index contributed by atoms with van der Waals surface area (Å²) in [6.45, 7) is 2.61. The Bertz CT molecular complexity index is 680. The van der Waals surface area contributed by atoms with Crippen molar-refractivity contribution < 1.29 is 4.42 Å². The summed E-state index contributed by atoms with van der Waals surface area (Å²) >= 11 is 1.59. The van der Waals surface area contributed by atoms with Gasteiger partial charge in [0, 0.05) is 18.3 Å². The van der Waals surface area contributed by atoms with E-state index in [4.69, 9.17) is 4.42 Å². The van der Waals surface area contributed by atoms with Crippen molar-refractivity contribution in [3.63, 3.8) is 0 Å². The van der Waals surface area contributed by atoms with E-state index in [1.165, 1.54) is 0 Å². The van der Waals surface area contributed by atoms with Crippen LogP contribution in [0, 0.1) is 6.92 Å². The summed E-state index contributed by atoms with van der Waals surface area (Å²) in [5, 5.41) is 13.1. The second kappa shape index (κ2) is 5.79. The Hall–Kier alpha value is -2.28. The number of nitrogens with zero attached hydrogens (tertiary/aromatic N) is 4. The van der Waals surface area contributed by atoms with Crippen LogP contribution in [0.5, 0.6) is 0 Å². The molecular weight excluding hydrogens is 274 g/mol. The van der Waals surface area contributed by atoms with Crippen molar-refractivity contribution in [1.82, 2.24) is 20.2 Å². The lowest BCUT2D eigenvalue weighted by Crippen LogP contribution is -2.09. The van der Waals surface area contributed by atoms with E-state index in [-0.39, 0.29) is 0 Å². The molecule has 3 aromatic rings. The van der Waals surface area contributed by atoms with Crippen LogP contribution in [0.2, 0.25) is 0 Å². The molecule has 0 saturated heterocycles. The number of hydrogen-bond donors (Lipinski definition) is 1. The van der Waals surface area contributed by atoms with Gasteiger partial charge in [0.25, 0.3) is 0 Å². The maximum absolute atomic E-state index is 5.52. The van der Waals surface area contributed by atoms with Crippen molar-refractivity contribution in [2.45, 2.75) is 13.3 Å². The van der Waals surface area contributed by atoms with Gasteiger partial charge in [-0.3, -0.25) is 0 Å². The predicted octanol–water partition coefficient (Wildman–Crippen LogP) is 2.55. The molecule has 0 aliphatic carbocycles. The second-order valence-corrected chi connectivity index (χ2v) is 4.95. The lowest BCUT2D eigenvalue weighted by Gasteiger charge is -2.03. The van der Waals surface area contributed by atoms with Gasteiger partial charge < -0.3 is 9.73 Å². The van der Waals surface area contributed by atoms with E-state index < -0.39 is 0 Å². The van der Waals surface area contributed by atoms with Crippen molar-refractivity contribution in [3.05, 3.63) is 40.7 Å². The minimum absolute atomic E-state index is 0.492. The van der Waals surface area contributed by atoms with Crippen LogP contribution in [0.4, 0.5) is 5.95 Å². The molecule has 3 rings (SSSR count). The zero-order chi connectivity index (χ0) is 13.8. The van der Waals surface area contributed by atoms with Crippen LogP contribution in [0.15, 0.2) is 33.6 Å². The standard InChI is InChI=1S/C13H13N5OS/c1-9-2-3-12(19-9)11-6-16-18-13(17-11)14-5-4-10-7-20-8-15-10/h2-3,6-8H,4-5H2,1H3,(H,14,17,18). The average molecular weight is 287 g/mol. The molecule has 0 spiro atoms. The zero-order valence-electron chi connectivity index (χ0n) is 10.9. The van der Waals surface area contributed by atoms with Gasteiger partial charge in [-0.1, -0.05) is 0 Å². The van der Waals surface area contributed by atoms with E-state index >= 15 is 0 Å². The third kappa shape index (κ3) is 3.00. The number of furan rings is 1. The van der Waals surface area contributed by atoms with Crippen LogP contribution >= 0.6 is 11.3 Å². The highest BCUT2D eigenvalue weighted by atomic mass is 32.1. The van der Waals surface area contributed by atoms with Crippen molar-refractivity contribution in [2.24, 2.45) is 0 Å². The zero-order valence-corrected chi connectivity index (χ0v) is 11.7. The molecule has 0 fully saturated rings. The first-order valence-corrected chi connectivity index (χ1v) is 7.13. The Morgan fingerprint density at radius 1 is 1.35 bits per heavy atom. The summed E-state index contributed by atoms with van der Waals surface area (Å²) in [4.78, 5) is 8.60. The maximum atomic E-state index is 5.52. The average Bonchev–Trinajstić information content (AvgIpc) is 3.11. The highest BCUT2D eigenvalue weighted by molar-refractivity contribution is 7.07. The summed E-state index contributed by atoms with van der Waals surface area (Å²) < 4.78 is 5.52. The van der Waals surface area contributed by atoms with E-state index in [2.05, 4.69) is 25.5 Å². The van der Waals surface area contributed by atoms with Gasteiger partial charge in [0.2, 0.25) is 5.95 Å². The molecule has 0 bridgehead atoms. The fraction of sp³-hybridized carbons (Fsp3) is 0.231. The number of aromatic nitrogens is 4. The Morgan fingerprint density at radius 2 is 2.30 bits per heavy atom. The summed E-state index contributed by atoms with van der Waals surface area (Å²) in [5.41, 5.74) is 3.56.